The summed E-state index contributed by atoms with van der Waals surface area (Å²) in [6, 6.07) is 16.4. The molecule has 1 heterocycles. The number of nitrogens with zero attached hydrogens (tertiary/aromatic N) is 3. The standard InChI is InChI=1S/C18H12F3N3/c1-12-2-8-15(9-3-12)24-16(10-17(23-24)18(19,20)21)14-6-4-13(11-22)5-7-14/h2-10H,1H3. The fraction of sp³-hybridized carbons (Fsp3) is 0.111. The van der Waals surface area contributed by atoms with E-state index in [9.17, 15) is 13.2 Å². The van der Waals surface area contributed by atoms with E-state index >= 15 is 0 Å². The van der Waals surface area contributed by atoms with Crippen LogP contribution in [0.5, 0.6) is 0 Å². The number of aryl methyl sites for hydroxylation is 1. The molecule has 0 saturated heterocycles. The Morgan fingerprint density at radius 1 is 1.00 bits per heavy atom. The molecule has 0 unspecified atom stereocenters. The summed E-state index contributed by atoms with van der Waals surface area (Å²) < 4.78 is 40.5. The summed E-state index contributed by atoms with van der Waals surface area (Å²) in [6.45, 7) is 1.90. The Morgan fingerprint density at radius 3 is 2.17 bits per heavy atom. The van der Waals surface area contributed by atoms with E-state index in [1.165, 1.54) is 4.68 Å². The van der Waals surface area contributed by atoms with Crippen LogP contribution in [-0.2, 0) is 6.18 Å². The van der Waals surface area contributed by atoms with Crippen LogP contribution in [-0.4, -0.2) is 9.78 Å². The average Bonchev–Trinajstić information content (AvgIpc) is 3.01. The summed E-state index contributed by atoms with van der Waals surface area (Å²) in [6.07, 6.45) is -4.53. The van der Waals surface area contributed by atoms with Gasteiger partial charge in [-0.05, 0) is 37.3 Å². The second-order valence-corrected chi connectivity index (χ2v) is 5.35. The smallest absolute Gasteiger partial charge is 0.233 e. The number of rotatable bonds is 2. The molecule has 3 aromatic rings. The summed E-state index contributed by atoms with van der Waals surface area (Å²) in [5.41, 5.74) is 1.89. The second kappa shape index (κ2) is 5.85. The lowest BCUT2D eigenvalue weighted by Gasteiger charge is -2.08. The molecule has 0 aliphatic rings. The molecule has 0 atom stereocenters. The van der Waals surface area contributed by atoms with Gasteiger partial charge in [-0.15, -0.1) is 0 Å². The molecule has 0 spiro atoms. The molecule has 2 aromatic carbocycles. The largest absolute Gasteiger partial charge is 0.435 e. The van der Waals surface area contributed by atoms with Crippen molar-refractivity contribution < 1.29 is 13.2 Å². The zero-order valence-electron chi connectivity index (χ0n) is 12.7. The third-order valence-electron chi connectivity index (χ3n) is 3.59. The summed E-state index contributed by atoms with van der Waals surface area (Å²) in [5, 5.41) is 12.6. The van der Waals surface area contributed by atoms with Crippen molar-refractivity contribution in [3.05, 3.63) is 71.4 Å². The summed E-state index contributed by atoms with van der Waals surface area (Å²) in [7, 11) is 0. The zero-order valence-corrected chi connectivity index (χ0v) is 12.7. The molecule has 3 rings (SSSR count). The minimum Gasteiger partial charge on any atom is -0.233 e. The van der Waals surface area contributed by atoms with E-state index in [0.717, 1.165) is 11.6 Å². The Hall–Kier alpha value is -3.07. The molecule has 1 aromatic heterocycles. The van der Waals surface area contributed by atoms with Crippen LogP contribution in [0.15, 0.2) is 54.6 Å². The molecular weight excluding hydrogens is 315 g/mol. The Kier molecular flexibility index (Phi) is 3.86. The highest BCUT2D eigenvalue weighted by atomic mass is 19.4. The first-order chi connectivity index (χ1) is 11.4. The second-order valence-electron chi connectivity index (χ2n) is 5.35. The predicted molar refractivity (Wildman–Crippen MR) is 83.5 cm³/mol. The molecule has 0 saturated carbocycles. The highest BCUT2D eigenvalue weighted by Crippen LogP contribution is 2.33. The van der Waals surface area contributed by atoms with Gasteiger partial charge in [0.25, 0.3) is 0 Å². The highest BCUT2D eigenvalue weighted by molar-refractivity contribution is 5.64. The topological polar surface area (TPSA) is 41.6 Å². The molecule has 0 aliphatic carbocycles. The first-order valence-corrected chi connectivity index (χ1v) is 7.13. The molecular formula is C18H12F3N3. The van der Waals surface area contributed by atoms with Crippen molar-refractivity contribution in [2.24, 2.45) is 0 Å². The van der Waals surface area contributed by atoms with Crippen LogP contribution < -0.4 is 0 Å². The first kappa shape index (κ1) is 15.8. The quantitative estimate of drug-likeness (QED) is 0.682. The van der Waals surface area contributed by atoms with Crippen molar-refractivity contribution in [1.29, 1.82) is 5.26 Å². The van der Waals surface area contributed by atoms with Crippen LogP contribution in [0.1, 0.15) is 16.8 Å². The van der Waals surface area contributed by atoms with Gasteiger partial charge in [-0.2, -0.15) is 23.5 Å². The van der Waals surface area contributed by atoms with E-state index in [0.29, 0.717) is 22.5 Å². The molecule has 0 fully saturated rings. The number of alkyl halides is 3. The van der Waals surface area contributed by atoms with Crippen LogP contribution in [0.2, 0.25) is 0 Å². The Labute approximate surface area is 136 Å². The first-order valence-electron chi connectivity index (χ1n) is 7.13. The van der Waals surface area contributed by atoms with Gasteiger partial charge in [0.2, 0.25) is 0 Å². The van der Waals surface area contributed by atoms with Gasteiger partial charge in [0.15, 0.2) is 5.69 Å². The summed E-state index contributed by atoms with van der Waals surface area (Å²) >= 11 is 0. The van der Waals surface area contributed by atoms with Crippen molar-refractivity contribution in [3.63, 3.8) is 0 Å². The lowest BCUT2D eigenvalue weighted by Crippen LogP contribution is -2.07. The van der Waals surface area contributed by atoms with Gasteiger partial charge in [-0.1, -0.05) is 29.8 Å². The minimum absolute atomic E-state index is 0.315. The maximum Gasteiger partial charge on any atom is 0.435 e. The SMILES string of the molecule is Cc1ccc(-n2nc(C(F)(F)F)cc2-c2ccc(C#N)cc2)cc1. The van der Waals surface area contributed by atoms with Crippen molar-refractivity contribution >= 4 is 0 Å². The van der Waals surface area contributed by atoms with E-state index in [-0.39, 0.29) is 0 Å². The monoisotopic (exact) mass is 327 g/mol. The molecule has 0 radical (unpaired) electrons. The van der Waals surface area contributed by atoms with Gasteiger partial charge >= 0.3 is 6.18 Å². The van der Waals surface area contributed by atoms with Crippen LogP contribution >= 0.6 is 0 Å². The lowest BCUT2D eigenvalue weighted by molar-refractivity contribution is -0.141. The molecule has 0 bridgehead atoms. The number of hydrogen-bond donors (Lipinski definition) is 0. The van der Waals surface area contributed by atoms with Gasteiger partial charge in [0.05, 0.1) is 23.0 Å². The van der Waals surface area contributed by atoms with Crippen molar-refractivity contribution in [3.8, 4) is 23.0 Å². The number of benzene rings is 2. The zero-order chi connectivity index (χ0) is 17.3. The highest BCUT2D eigenvalue weighted by Gasteiger charge is 2.35. The predicted octanol–water partition coefficient (Wildman–Crippen LogP) is 4.74. The maximum absolute atomic E-state index is 13.1. The van der Waals surface area contributed by atoms with Crippen LogP contribution in [0.4, 0.5) is 13.2 Å². The number of hydrogen-bond acceptors (Lipinski definition) is 2. The Bertz CT molecular complexity index is 899. The average molecular weight is 327 g/mol. The van der Waals surface area contributed by atoms with Gasteiger partial charge in [-0.25, -0.2) is 4.68 Å². The molecule has 0 N–H and O–H groups in total. The van der Waals surface area contributed by atoms with Crippen molar-refractivity contribution in [1.82, 2.24) is 9.78 Å². The fourth-order valence-electron chi connectivity index (χ4n) is 2.32. The van der Waals surface area contributed by atoms with E-state index in [1.807, 2.05) is 25.1 Å². The van der Waals surface area contributed by atoms with Crippen LogP contribution in [0, 0.1) is 18.3 Å². The van der Waals surface area contributed by atoms with Gasteiger partial charge in [0.1, 0.15) is 0 Å². The summed E-state index contributed by atoms with van der Waals surface area (Å²) in [4.78, 5) is 0. The molecule has 120 valence electrons. The van der Waals surface area contributed by atoms with Gasteiger partial charge < -0.3 is 0 Å². The number of aromatic nitrogens is 2. The third-order valence-corrected chi connectivity index (χ3v) is 3.59. The fourth-order valence-corrected chi connectivity index (χ4v) is 2.32. The molecule has 0 aliphatic heterocycles. The number of nitriles is 1. The van der Waals surface area contributed by atoms with E-state index < -0.39 is 11.9 Å². The van der Waals surface area contributed by atoms with E-state index in [4.69, 9.17) is 5.26 Å². The van der Waals surface area contributed by atoms with E-state index in [1.54, 1.807) is 36.4 Å². The van der Waals surface area contributed by atoms with Crippen molar-refractivity contribution in [2.75, 3.05) is 0 Å². The van der Waals surface area contributed by atoms with Crippen molar-refractivity contribution in [2.45, 2.75) is 13.1 Å². The summed E-state index contributed by atoms with van der Waals surface area (Å²) in [5.74, 6) is 0. The lowest BCUT2D eigenvalue weighted by atomic mass is 10.1. The Morgan fingerprint density at radius 2 is 1.62 bits per heavy atom. The third kappa shape index (κ3) is 3.01. The van der Waals surface area contributed by atoms with Gasteiger partial charge in [0, 0.05) is 5.56 Å². The van der Waals surface area contributed by atoms with Crippen LogP contribution in [0.25, 0.3) is 16.9 Å². The molecule has 3 nitrogen and oxygen atoms in total. The maximum atomic E-state index is 13.1. The normalized spacial score (nSPS) is 11.3. The van der Waals surface area contributed by atoms with E-state index in [2.05, 4.69) is 5.10 Å². The minimum atomic E-state index is -4.53. The van der Waals surface area contributed by atoms with Crippen LogP contribution in [0.3, 0.4) is 0 Å². The Balaban J connectivity index is 2.17. The van der Waals surface area contributed by atoms with Gasteiger partial charge in [-0.3, -0.25) is 0 Å². The number of halogens is 3. The molecule has 0 amide bonds. The molecule has 24 heavy (non-hydrogen) atoms. The molecule has 6 heteroatoms.